The molecule has 0 aliphatic heterocycles. The van der Waals surface area contributed by atoms with E-state index in [2.05, 4.69) is 41.9 Å². The van der Waals surface area contributed by atoms with Crippen molar-refractivity contribution >= 4 is 22.5 Å². The molecule has 3 nitrogen and oxygen atoms in total. The Hall–Kier alpha value is -2.55. The number of anilines is 1. The second kappa shape index (κ2) is 5.92. The first-order valence-corrected chi connectivity index (χ1v) is 7.98. The van der Waals surface area contributed by atoms with Gasteiger partial charge in [-0.2, -0.15) is 0 Å². The molecular weight excluding hydrogens is 284 g/mol. The third kappa shape index (κ3) is 2.74. The molecule has 1 N–H and O–H groups in total. The number of rotatable bonds is 3. The molecule has 1 aromatic heterocycles. The van der Waals surface area contributed by atoms with Gasteiger partial charge in [0.25, 0.3) is 5.91 Å². The lowest BCUT2D eigenvalue weighted by Gasteiger charge is -2.12. The number of nitrogens with one attached hydrogen (secondary N) is 1. The van der Waals surface area contributed by atoms with Gasteiger partial charge in [-0.05, 0) is 44.9 Å². The van der Waals surface area contributed by atoms with Crippen molar-refractivity contribution in [1.82, 2.24) is 4.57 Å². The largest absolute Gasteiger partial charge is 0.347 e. The number of amides is 1. The third-order valence-electron chi connectivity index (χ3n) is 4.29. The Labute approximate surface area is 136 Å². The number of carbonyl (C=O) groups is 1. The van der Waals surface area contributed by atoms with Crippen LogP contribution in [0.3, 0.4) is 0 Å². The molecule has 23 heavy (non-hydrogen) atoms. The fraction of sp³-hybridized carbons (Fsp3) is 0.250. The van der Waals surface area contributed by atoms with Crippen molar-refractivity contribution in [3.8, 4) is 0 Å². The molecule has 0 saturated carbocycles. The summed E-state index contributed by atoms with van der Waals surface area (Å²) in [7, 11) is 0. The van der Waals surface area contributed by atoms with Crippen molar-refractivity contribution in [2.45, 2.75) is 34.2 Å². The van der Waals surface area contributed by atoms with E-state index in [0.717, 1.165) is 39.8 Å². The van der Waals surface area contributed by atoms with Crippen LogP contribution in [0, 0.1) is 20.8 Å². The lowest BCUT2D eigenvalue weighted by atomic mass is 10.0. The average Bonchev–Trinajstić information content (AvgIpc) is 2.89. The Bertz CT molecular complexity index is 867. The molecule has 0 saturated heterocycles. The second-order valence-corrected chi connectivity index (χ2v) is 6.07. The zero-order chi connectivity index (χ0) is 16.6. The predicted octanol–water partition coefficient (Wildman–Crippen LogP) is 4.84. The van der Waals surface area contributed by atoms with E-state index in [0.29, 0.717) is 0 Å². The molecule has 0 radical (unpaired) electrons. The lowest BCUT2D eigenvalue weighted by Crippen LogP contribution is -2.13. The van der Waals surface area contributed by atoms with Gasteiger partial charge in [0.2, 0.25) is 0 Å². The standard InChI is InChI=1S/C20H22N2O/c1-5-22-12-17(16-8-6-7-9-18(16)22)20(23)21-19-14(3)10-13(2)11-15(19)4/h6-12H,5H2,1-4H3,(H,21,23). The third-order valence-corrected chi connectivity index (χ3v) is 4.29. The minimum Gasteiger partial charge on any atom is -0.347 e. The van der Waals surface area contributed by atoms with Gasteiger partial charge in [-0.3, -0.25) is 4.79 Å². The Morgan fingerprint density at radius 2 is 1.74 bits per heavy atom. The normalized spacial score (nSPS) is 11.0. The highest BCUT2D eigenvalue weighted by Gasteiger charge is 2.16. The summed E-state index contributed by atoms with van der Waals surface area (Å²) in [6.07, 6.45) is 1.94. The number of hydrogen-bond donors (Lipinski definition) is 1. The highest BCUT2D eigenvalue weighted by Crippen LogP contribution is 2.25. The Morgan fingerprint density at radius 1 is 1.09 bits per heavy atom. The van der Waals surface area contributed by atoms with Gasteiger partial charge in [0.1, 0.15) is 0 Å². The van der Waals surface area contributed by atoms with Gasteiger partial charge in [0.05, 0.1) is 5.56 Å². The van der Waals surface area contributed by atoms with Crippen LogP contribution >= 0.6 is 0 Å². The zero-order valence-corrected chi connectivity index (χ0v) is 14.1. The Balaban J connectivity index is 2.02. The van der Waals surface area contributed by atoms with E-state index in [9.17, 15) is 4.79 Å². The quantitative estimate of drug-likeness (QED) is 0.738. The number of carbonyl (C=O) groups excluding carboxylic acids is 1. The van der Waals surface area contributed by atoms with Gasteiger partial charge < -0.3 is 9.88 Å². The smallest absolute Gasteiger partial charge is 0.257 e. The SMILES string of the molecule is CCn1cc(C(=O)Nc2c(C)cc(C)cc2C)c2ccccc21. The lowest BCUT2D eigenvalue weighted by molar-refractivity contribution is 0.102. The van der Waals surface area contributed by atoms with Gasteiger partial charge >= 0.3 is 0 Å². The summed E-state index contributed by atoms with van der Waals surface area (Å²) in [4.78, 5) is 12.8. The van der Waals surface area contributed by atoms with Gasteiger partial charge in [-0.15, -0.1) is 0 Å². The molecule has 0 fully saturated rings. The monoisotopic (exact) mass is 306 g/mol. The van der Waals surface area contributed by atoms with E-state index in [1.165, 1.54) is 5.56 Å². The minimum atomic E-state index is -0.0524. The van der Waals surface area contributed by atoms with Crippen LogP contribution < -0.4 is 5.32 Å². The molecule has 0 aliphatic carbocycles. The first kappa shape index (κ1) is 15.3. The molecule has 1 amide bonds. The first-order chi connectivity index (χ1) is 11.0. The maximum Gasteiger partial charge on any atom is 0.257 e. The van der Waals surface area contributed by atoms with E-state index < -0.39 is 0 Å². The predicted molar refractivity (Wildman–Crippen MR) is 96.2 cm³/mol. The molecule has 0 atom stereocenters. The molecule has 3 heteroatoms. The van der Waals surface area contributed by atoms with E-state index in [1.54, 1.807) is 0 Å². The summed E-state index contributed by atoms with van der Waals surface area (Å²) in [5, 5.41) is 4.09. The summed E-state index contributed by atoms with van der Waals surface area (Å²) in [6, 6.07) is 12.2. The van der Waals surface area contributed by atoms with Crippen molar-refractivity contribution in [2.24, 2.45) is 0 Å². The van der Waals surface area contributed by atoms with E-state index >= 15 is 0 Å². The number of benzene rings is 2. The van der Waals surface area contributed by atoms with Crippen molar-refractivity contribution in [1.29, 1.82) is 0 Å². The average molecular weight is 306 g/mol. The molecule has 3 rings (SSSR count). The van der Waals surface area contributed by atoms with Gasteiger partial charge in [-0.25, -0.2) is 0 Å². The number of hydrogen-bond acceptors (Lipinski definition) is 1. The van der Waals surface area contributed by atoms with Crippen molar-refractivity contribution in [3.05, 3.63) is 64.8 Å². The molecule has 0 unspecified atom stereocenters. The Kier molecular flexibility index (Phi) is 3.95. The fourth-order valence-corrected chi connectivity index (χ4v) is 3.25. The molecule has 118 valence electrons. The molecule has 0 aliphatic rings. The highest BCUT2D eigenvalue weighted by atomic mass is 16.1. The highest BCUT2D eigenvalue weighted by molar-refractivity contribution is 6.13. The topological polar surface area (TPSA) is 34.0 Å². The molecule has 0 spiro atoms. The summed E-state index contributed by atoms with van der Waals surface area (Å²) >= 11 is 0. The number of aryl methyl sites for hydroxylation is 4. The van der Waals surface area contributed by atoms with E-state index in [1.807, 2.05) is 38.2 Å². The van der Waals surface area contributed by atoms with Crippen LogP contribution in [0.5, 0.6) is 0 Å². The second-order valence-electron chi connectivity index (χ2n) is 6.07. The van der Waals surface area contributed by atoms with Crippen LogP contribution in [0.25, 0.3) is 10.9 Å². The fourth-order valence-electron chi connectivity index (χ4n) is 3.25. The first-order valence-electron chi connectivity index (χ1n) is 7.98. The molecular formula is C20H22N2O. The summed E-state index contributed by atoms with van der Waals surface area (Å²) < 4.78 is 2.11. The molecule has 1 heterocycles. The molecule has 0 bridgehead atoms. The van der Waals surface area contributed by atoms with E-state index in [4.69, 9.17) is 0 Å². The minimum absolute atomic E-state index is 0.0524. The van der Waals surface area contributed by atoms with E-state index in [-0.39, 0.29) is 5.91 Å². The summed E-state index contributed by atoms with van der Waals surface area (Å²) in [5.74, 6) is -0.0524. The number of nitrogens with zero attached hydrogens (tertiary/aromatic N) is 1. The van der Waals surface area contributed by atoms with Crippen molar-refractivity contribution in [2.75, 3.05) is 5.32 Å². The zero-order valence-electron chi connectivity index (χ0n) is 14.1. The van der Waals surface area contributed by atoms with Crippen LogP contribution in [0.2, 0.25) is 0 Å². The van der Waals surface area contributed by atoms with Gasteiger partial charge in [0, 0.05) is 29.3 Å². The van der Waals surface area contributed by atoms with Crippen LogP contribution in [0.1, 0.15) is 34.0 Å². The molecule has 2 aromatic carbocycles. The van der Waals surface area contributed by atoms with Crippen LogP contribution in [-0.2, 0) is 6.54 Å². The van der Waals surface area contributed by atoms with Crippen molar-refractivity contribution in [3.63, 3.8) is 0 Å². The van der Waals surface area contributed by atoms with Gasteiger partial charge in [0.15, 0.2) is 0 Å². The number of para-hydroxylation sites is 1. The van der Waals surface area contributed by atoms with Crippen LogP contribution in [0.15, 0.2) is 42.6 Å². The Morgan fingerprint density at radius 3 is 2.39 bits per heavy atom. The van der Waals surface area contributed by atoms with Gasteiger partial charge in [-0.1, -0.05) is 35.9 Å². The summed E-state index contributed by atoms with van der Waals surface area (Å²) in [6.45, 7) is 9.06. The van der Waals surface area contributed by atoms with Crippen molar-refractivity contribution < 1.29 is 4.79 Å². The molecule has 3 aromatic rings. The number of aromatic nitrogens is 1. The maximum atomic E-state index is 12.8. The number of fused-ring (bicyclic) bond motifs is 1. The van der Waals surface area contributed by atoms with Crippen LogP contribution in [0.4, 0.5) is 5.69 Å². The maximum absolute atomic E-state index is 12.8. The van der Waals surface area contributed by atoms with Crippen LogP contribution in [-0.4, -0.2) is 10.5 Å². The summed E-state index contributed by atoms with van der Waals surface area (Å²) in [5.41, 5.74) is 6.12.